The highest BCUT2D eigenvalue weighted by Crippen LogP contribution is 2.52. The number of para-hydroxylation sites is 3. The van der Waals surface area contributed by atoms with Gasteiger partial charge in [-0.2, -0.15) is 0 Å². The first-order chi connectivity index (χ1) is 23.3. The van der Waals surface area contributed by atoms with Gasteiger partial charge in [-0.3, -0.25) is 0 Å². The molecule has 7 aromatic carbocycles. The molecule has 1 aromatic heterocycles. The molecular formula is C44H30N2O. The molecule has 0 bridgehead atoms. The van der Waals surface area contributed by atoms with Crippen LogP contribution in [0.25, 0.3) is 72.0 Å². The molecule has 0 atom stereocenters. The van der Waals surface area contributed by atoms with E-state index in [2.05, 4.69) is 167 Å². The Morgan fingerprint density at radius 3 is 1.57 bits per heavy atom. The van der Waals surface area contributed by atoms with Crippen LogP contribution < -0.4 is 9.64 Å². The Balaban J connectivity index is 1.29. The average molecular weight is 603 g/mol. The first-order valence-electron chi connectivity index (χ1n) is 16.3. The van der Waals surface area contributed by atoms with Crippen LogP contribution in [-0.4, -0.2) is 17.7 Å². The Morgan fingerprint density at radius 2 is 0.915 bits per heavy atom. The van der Waals surface area contributed by atoms with Crippen molar-refractivity contribution in [3.8, 4) is 55.9 Å². The van der Waals surface area contributed by atoms with E-state index in [-0.39, 0.29) is 0 Å². The zero-order chi connectivity index (χ0) is 30.9. The number of anilines is 2. The Bertz CT molecular complexity index is 2460. The fourth-order valence-corrected chi connectivity index (χ4v) is 7.82. The number of ether oxygens (including phenoxy) is 1. The molecule has 47 heavy (non-hydrogen) atoms. The standard InChI is InChI=1S/C44H30N2O/c1-2-12-29(13-3-1)45-24-25-47-44-28-40-34-17-7-5-15-32(34)31-14-4-6-16-33(31)38-26-30(22-23-35(38)39(40)27-43(44)45)46-41-20-10-8-18-36(41)37-19-9-11-21-42(37)46/h1-23,26-28H,24-25H2. The van der Waals surface area contributed by atoms with E-state index in [0.29, 0.717) is 6.61 Å². The molecule has 0 radical (unpaired) electrons. The monoisotopic (exact) mass is 602 g/mol. The molecule has 0 fully saturated rings. The third kappa shape index (κ3) is 3.93. The van der Waals surface area contributed by atoms with Crippen molar-refractivity contribution in [3.63, 3.8) is 0 Å². The van der Waals surface area contributed by atoms with Gasteiger partial charge in [-0.15, -0.1) is 0 Å². The summed E-state index contributed by atoms with van der Waals surface area (Å²) in [4.78, 5) is 2.39. The molecule has 10 rings (SSSR count). The zero-order valence-electron chi connectivity index (χ0n) is 25.7. The molecule has 0 saturated carbocycles. The van der Waals surface area contributed by atoms with Crippen molar-refractivity contribution in [3.05, 3.63) is 158 Å². The molecule has 8 aromatic rings. The fraction of sp³-hybridized carbons (Fsp3) is 0.0455. The van der Waals surface area contributed by atoms with E-state index >= 15 is 0 Å². The van der Waals surface area contributed by atoms with E-state index in [1.165, 1.54) is 72.0 Å². The number of hydrogen-bond donors (Lipinski definition) is 0. The van der Waals surface area contributed by atoms with Crippen molar-refractivity contribution >= 4 is 33.2 Å². The minimum atomic E-state index is 0.643. The first-order valence-corrected chi connectivity index (χ1v) is 16.3. The third-order valence-electron chi connectivity index (χ3n) is 9.89. The summed E-state index contributed by atoms with van der Waals surface area (Å²) in [6.45, 7) is 1.44. The third-order valence-corrected chi connectivity index (χ3v) is 9.89. The number of fused-ring (bicyclic) bond motifs is 12. The smallest absolute Gasteiger partial charge is 0.143 e. The molecule has 2 aliphatic rings. The Hall–Kier alpha value is -6.06. The van der Waals surface area contributed by atoms with Crippen LogP contribution in [-0.2, 0) is 0 Å². The van der Waals surface area contributed by atoms with Crippen LogP contribution in [0.5, 0.6) is 5.75 Å². The lowest BCUT2D eigenvalue weighted by Gasteiger charge is -2.33. The lowest BCUT2D eigenvalue weighted by Crippen LogP contribution is -2.28. The number of nitrogens with zero attached hydrogens (tertiary/aromatic N) is 2. The maximum absolute atomic E-state index is 6.39. The van der Waals surface area contributed by atoms with Gasteiger partial charge in [-0.25, -0.2) is 0 Å². The van der Waals surface area contributed by atoms with E-state index in [0.717, 1.165) is 23.7 Å². The summed E-state index contributed by atoms with van der Waals surface area (Å²) in [5, 5.41) is 2.53. The largest absolute Gasteiger partial charge is 0.490 e. The van der Waals surface area contributed by atoms with Gasteiger partial charge in [0.05, 0.1) is 23.3 Å². The summed E-state index contributed by atoms with van der Waals surface area (Å²) >= 11 is 0. The quantitative estimate of drug-likeness (QED) is 0.196. The molecule has 2 heterocycles. The van der Waals surface area contributed by atoms with E-state index in [1.807, 2.05) is 0 Å². The van der Waals surface area contributed by atoms with Gasteiger partial charge in [-0.05, 0) is 93.0 Å². The summed E-state index contributed by atoms with van der Waals surface area (Å²) in [5.74, 6) is 0.922. The van der Waals surface area contributed by atoms with E-state index in [9.17, 15) is 0 Å². The molecule has 0 N–H and O–H groups in total. The predicted molar refractivity (Wildman–Crippen MR) is 195 cm³/mol. The van der Waals surface area contributed by atoms with E-state index < -0.39 is 0 Å². The first kappa shape index (κ1) is 26.2. The molecule has 0 spiro atoms. The second-order valence-electron chi connectivity index (χ2n) is 12.4. The topological polar surface area (TPSA) is 17.4 Å². The summed E-state index contributed by atoms with van der Waals surface area (Å²) < 4.78 is 8.81. The van der Waals surface area contributed by atoms with Crippen LogP contribution in [0.3, 0.4) is 0 Å². The number of rotatable bonds is 2. The van der Waals surface area contributed by atoms with Crippen LogP contribution in [0, 0.1) is 0 Å². The van der Waals surface area contributed by atoms with Crippen LogP contribution in [0.1, 0.15) is 0 Å². The lowest BCUT2D eigenvalue weighted by atomic mass is 9.80. The van der Waals surface area contributed by atoms with E-state index in [1.54, 1.807) is 0 Å². The summed E-state index contributed by atoms with van der Waals surface area (Å²) in [6, 6.07) is 57.5. The molecule has 1 aliphatic heterocycles. The van der Waals surface area contributed by atoms with Crippen LogP contribution in [0.2, 0.25) is 0 Å². The second-order valence-corrected chi connectivity index (χ2v) is 12.4. The maximum Gasteiger partial charge on any atom is 0.143 e. The van der Waals surface area contributed by atoms with Gasteiger partial charge < -0.3 is 14.2 Å². The van der Waals surface area contributed by atoms with Crippen molar-refractivity contribution in [2.75, 3.05) is 18.1 Å². The molecule has 0 unspecified atom stereocenters. The highest BCUT2D eigenvalue weighted by Gasteiger charge is 2.28. The summed E-state index contributed by atoms with van der Waals surface area (Å²) in [6.07, 6.45) is 0. The highest BCUT2D eigenvalue weighted by atomic mass is 16.5. The molecular weight excluding hydrogens is 572 g/mol. The Morgan fingerprint density at radius 1 is 0.404 bits per heavy atom. The molecule has 0 saturated heterocycles. The van der Waals surface area contributed by atoms with Crippen molar-refractivity contribution in [2.45, 2.75) is 0 Å². The second kappa shape index (κ2) is 10.2. The number of benzene rings is 7. The minimum Gasteiger partial charge on any atom is -0.490 e. The van der Waals surface area contributed by atoms with Crippen molar-refractivity contribution in [1.82, 2.24) is 4.57 Å². The van der Waals surface area contributed by atoms with Gasteiger partial charge >= 0.3 is 0 Å². The highest BCUT2D eigenvalue weighted by molar-refractivity contribution is 6.10. The van der Waals surface area contributed by atoms with Crippen LogP contribution >= 0.6 is 0 Å². The van der Waals surface area contributed by atoms with Gasteiger partial charge in [-0.1, -0.05) is 109 Å². The number of aromatic nitrogens is 1. The van der Waals surface area contributed by atoms with Crippen molar-refractivity contribution in [2.24, 2.45) is 0 Å². The molecule has 3 heteroatoms. The Kier molecular flexibility index (Phi) is 5.70. The normalized spacial score (nSPS) is 13.1. The SMILES string of the molecule is c1ccc(N2CCOc3cc4c(cc32)-c2ccc(-n3c5ccccc5c5ccccc53)cc2-c2ccccc2-c2ccccc2-4)cc1. The summed E-state index contributed by atoms with van der Waals surface area (Å²) in [7, 11) is 0. The molecule has 0 amide bonds. The fourth-order valence-electron chi connectivity index (χ4n) is 7.82. The lowest BCUT2D eigenvalue weighted by molar-refractivity contribution is 0.314. The average Bonchev–Trinajstić information content (AvgIpc) is 3.48. The van der Waals surface area contributed by atoms with Gasteiger partial charge in [0.1, 0.15) is 12.4 Å². The van der Waals surface area contributed by atoms with Gasteiger partial charge in [0, 0.05) is 22.1 Å². The molecule has 222 valence electrons. The molecule has 3 nitrogen and oxygen atoms in total. The van der Waals surface area contributed by atoms with Crippen molar-refractivity contribution in [1.29, 1.82) is 0 Å². The molecule has 1 aliphatic carbocycles. The van der Waals surface area contributed by atoms with Crippen molar-refractivity contribution < 1.29 is 4.74 Å². The predicted octanol–water partition coefficient (Wildman–Crippen LogP) is 11.3. The minimum absolute atomic E-state index is 0.643. The van der Waals surface area contributed by atoms with Crippen LogP contribution in [0.4, 0.5) is 11.4 Å². The van der Waals surface area contributed by atoms with Gasteiger partial charge in [0.2, 0.25) is 0 Å². The zero-order valence-corrected chi connectivity index (χ0v) is 25.7. The Labute approximate surface area is 273 Å². The maximum atomic E-state index is 6.39. The van der Waals surface area contributed by atoms with Gasteiger partial charge in [0.25, 0.3) is 0 Å². The summed E-state index contributed by atoms with van der Waals surface area (Å²) in [5.41, 5.74) is 15.6. The van der Waals surface area contributed by atoms with Crippen LogP contribution in [0.15, 0.2) is 158 Å². The van der Waals surface area contributed by atoms with Gasteiger partial charge in [0.15, 0.2) is 0 Å². The number of hydrogen-bond acceptors (Lipinski definition) is 2. The van der Waals surface area contributed by atoms with E-state index in [4.69, 9.17) is 4.74 Å².